The maximum absolute atomic E-state index is 13.5. The Morgan fingerprint density at radius 3 is 2.40 bits per heavy atom. The molecule has 0 spiro atoms. The van der Waals surface area contributed by atoms with Crippen LogP contribution in [0.25, 0.3) is 10.8 Å². The van der Waals surface area contributed by atoms with E-state index in [1.807, 2.05) is 13.8 Å². The molecule has 2 N–H and O–H groups in total. The normalized spacial score (nSPS) is 11.4. The predicted molar refractivity (Wildman–Crippen MR) is 149 cm³/mol. The van der Waals surface area contributed by atoms with Crippen LogP contribution in [-0.4, -0.2) is 25.5 Å². The predicted octanol–water partition coefficient (Wildman–Crippen LogP) is 4.10. The fourth-order valence-electron chi connectivity index (χ4n) is 3.89. The summed E-state index contributed by atoms with van der Waals surface area (Å²) < 4.78 is 39.1. The molecule has 0 atom stereocenters. The van der Waals surface area contributed by atoms with Gasteiger partial charge in [0.25, 0.3) is 16.0 Å². The van der Waals surface area contributed by atoms with Crippen LogP contribution in [0.2, 0.25) is 10.0 Å². The van der Waals surface area contributed by atoms with Gasteiger partial charge >= 0.3 is 29.6 Å². The third kappa shape index (κ3) is 6.95. The van der Waals surface area contributed by atoms with Crippen molar-refractivity contribution in [1.82, 2.24) is 0 Å². The molecule has 0 radical (unpaired) electrons. The van der Waals surface area contributed by atoms with Gasteiger partial charge in [-0.1, -0.05) is 60.1 Å². The minimum atomic E-state index is -4.76. The first-order valence-electron chi connectivity index (χ1n) is 11.7. The van der Waals surface area contributed by atoms with Crippen molar-refractivity contribution < 1.29 is 57.2 Å². The van der Waals surface area contributed by atoms with Gasteiger partial charge in [0.15, 0.2) is 0 Å². The monoisotopic (exact) mass is 609 g/mol. The number of nitrogens with one attached hydrogen (secondary N) is 1. The fourth-order valence-corrected chi connectivity index (χ4v) is 5.31. The van der Waals surface area contributed by atoms with Gasteiger partial charge in [-0.3, -0.25) is 9.35 Å². The molecule has 9 nitrogen and oxygen atoms in total. The summed E-state index contributed by atoms with van der Waals surface area (Å²) >= 11 is 12.4. The van der Waals surface area contributed by atoms with Gasteiger partial charge in [0.05, 0.1) is 28.0 Å². The molecule has 0 bridgehead atoms. The van der Waals surface area contributed by atoms with Crippen molar-refractivity contribution in [2.45, 2.75) is 25.2 Å². The van der Waals surface area contributed by atoms with Crippen molar-refractivity contribution in [3.05, 3.63) is 81.8 Å². The van der Waals surface area contributed by atoms with Crippen LogP contribution in [0.15, 0.2) is 75.8 Å². The fraction of sp³-hybridized carbons (Fsp3) is 0.148. The smallest absolute Gasteiger partial charge is 0.870 e. The molecule has 1 amide bonds. The van der Waals surface area contributed by atoms with E-state index >= 15 is 0 Å². The van der Waals surface area contributed by atoms with Crippen LogP contribution in [-0.2, 0) is 16.5 Å². The summed E-state index contributed by atoms with van der Waals surface area (Å²) in [5.74, 6) is -0.957. The van der Waals surface area contributed by atoms with Gasteiger partial charge in [0, 0.05) is 17.0 Å². The summed E-state index contributed by atoms with van der Waals surface area (Å²) in [7, 11) is -4.76. The van der Waals surface area contributed by atoms with E-state index in [2.05, 4.69) is 15.5 Å². The van der Waals surface area contributed by atoms with Crippen LogP contribution in [0.5, 0.6) is 11.5 Å². The summed E-state index contributed by atoms with van der Waals surface area (Å²) in [6.45, 7) is 4.09. The maximum Gasteiger partial charge on any atom is 1.00 e. The van der Waals surface area contributed by atoms with Crippen molar-refractivity contribution >= 4 is 67.1 Å². The Bertz CT molecular complexity index is 1730. The SMILES string of the molecule is CCOc1ccc(NC(=O)c2cc3ccccc3c(N=Nc3cc(CC)cc(Cl)c3S(=O)(=O)O)c2[O-])c(Cl)c1.[Na+]. The summed E-state index contributed by atoms with van der Waals surface area (Å²) in [6, 6.07) is 15.7. The van der Waals surface area contributed by atoms with Crippen molar-refractivity contribution in [2.75, 3.05) is 11.9 Å². The van der Waals surface area contributed by atoms with E-state index in [0.29, 0.717) is 35.1 Å². The third-order valence-electron chi connectivity index (χ3n) is 5.73. The first-order valence-corrected chi connectivity index (χ1v) is 13.9. The topological polar surface area (TPSA) is 140 Å². The van der Waals surface area contributed by atoms with Gasteiger partial charge in [0.2, 0.25) is 0 Å². The van der Waals surface area contributed by atoms with Crippen LogP contribution in [0, 0.1) is 0 Å². The number of nitrogens with zero attached hydrogens (tertiary/aromatic N) is 2. The molecule has 0 heterocycles. The van der Waals surface area contributed by atoms with Crippen LogP contribution in [0.3, 0.4) is 0 Å². The Labute approximate surface area is 263 Å². The van der Waals surface area contributed by atoms with Gasteiger partial charge < -0.3 is 15.2 Å². The Hall–Kier alpha value is -2.70. The molecular formula is C27H22Cl2N3NaO6S. The molecule has 4 aromatic rings. The zero-order chi connectivity index (χ0) is 28.3. The molecular weight excluding hydrogens is 588 g/mol. The second-order valence-corrected chi connectivity index (χ2v) is 10.5. The van der Waals surface area contributed by atoms with E-state index in [1.165, 1.54) is 18.2 Å². The molecule has 0 saturated carbocycles. The molecule has 0 aliphatic rings. The number of hydrogen-bond donors (Lipinski definition) is 2. The molecule has 4 aromatic carbocycles. The number of fused-ring (bicyclic) bond motifs is 1. The second-order valence-electron chi connectivity index (χ2n) is 8.31. The second kappa shape index (κ2) is 13.3. The number of anilines is 1. The first kappa shape index (κ1) is 31.8. The number of carbonyl (C=O) groups excluding carboxylic acids is 1. The maximum atomic E-state index is 13.5. The number of aryl methyl sites for hydroxylation is 1. The number of rotatable bonds is 8. The summed E-state index contributed by atoms with van der Waals surface area (Å²) in [5.41, 5.74) is 0.221. The number of azo groups is 1. The molecule has 13 heteroatoms. The van der Waals surface area contributed by atoms with Gasteiger partial charge in [-0.25, -0.2) is 0 Å². The molecule has 202 valence electrons. The Balaban J connectivity index is 0.00000441. The molecule has 0 saturated heterocycles. The largest absolute Gasteiger partial charge is 1.00 e. The van der Waals surface area contributed by atoms with Crippen molar-refractivity contribution in [1.29, 1.82) is 0 Å². The zero-order valence-electron chi connectivity index (χ0n) is 21.7. The summed E-state index contributed by atoms with van der Waals surface area (Å²) in [6.07, 6.45) is 0.494. The van der Waals surface area contributed by atoms with Gasteiger partial charge in [0.1, 0.15) is 16.3 Å². The van der Waals surface area contributed by atoms with E-state index in [0.717, 1.165) is 0 Å². The molecule has 40 heavy (non-hydrogen) atoms. The van der Waals surface area contributed by atoms with Crippen molar-refractivity contribution in [2.24, 2.45) is 10.2 Å². The summed E-state index contributed by atoms with van der Waals surface area (Å²) in [5, 5.41) is 25.0. The minimum absolute atomic E-state index is 0. The number of ether oxygens (including phenoxy) is 1. The van der Waals surface area contributed by atoms with Crippen LogP contribution < -0.4 is 44.7 Å². The van der Waals surface area contributed by atoms with E-state index < -0.39 is 26.7 Å². The molecule has 0 fully saturated rings. The number of hydrogen-bond acceptors (Lipinski definition) is 7. The Morgan fingerprint density at radius 2 is 1.75 bits per heavy atom. The van der Waals surface area contributed by atoms with E-state index in [9.17, 15) is 22.9 Å². The molecule has 0 aliphatic carbocycles. The Morgan fingerprint density at radius 1 is 1.02 bits per heavy atom. The van der Waals surface area contributed by atoms with E-state index in [-0.39, 0.29) is 62.2 Å². The van der Waals surface area contributed by atoms with Crippen molar-refractivity contribution in [3.8, 4) is 11.5 Å². The zero-order valence-corrected chi connectivity index (χ0v) is 26.1. The van der Waals surface area contributed by atoms with Crippen LogP contribution >= 0.6 is 23.2 Å². The van der Waals surface area contributed by atoms with Gasteiger partial charge in [-0.2, -0.15) is 13.5 Å². The molecule has 0 aliphatic heterocycles. The number of amides is 1. The van der Waals surface area contributed by atoms with Crippen molar-refractivity contribution in [3.63, 3.8) is 0 Å². The standard InChI is InChI=1S/C27H23Cl2N3O6S.Na/c1-3-15-11-21(29)26(39(35,36)37)23(12-15)31-32-24-18-8-6-5-7-16(18)13-19(25(24)33)27(34)30-22-10-9-17(38-4-2)14-20(22)28;/h5-14,33H,3-4H2,1-2H3,(H,30,34)(H,35,36,37);/q;+1/p-1. The Kier molecular flexibility index (Phi) is 10.6. The molecule has 4 rings (SSSR count). The quantitative estimate of drug-likeness (QED) is 0.175. The summed E-state index contributed by atoms with van der Waals surface area (Å²) in [4.78, 5) is 12.5. The van der Waals surface area contributed by atoms with Gasteiger partial charge in [-0.05, 0) is 54.6 Å². The average molecular weight is 610 g/mol. The number of benzene rings is 4. The average Bonchev–Trinajstić information content (AvgIpc) is 2.88. The van der Waals surface area contributed by atoms with Gasteiger partial charge in [-0.15, -0.1) is 5.11 Å². The van der Waals surface area contributed by atoms with Crippen LogP contribution in [0.4, 0.5) is 17.1 Å². The van der Waals surface area contributed by atoms with E-state index in [1.54, 1.807) is 42.5 Å². The van der Waals surface area contributed by atoms with E-state index in [4.69, 9.17) is 27.9 Å². The minimum Gasteiger partial charge on any atom is -0.870 e. The molecule has 0 unspecified atom stereocenters. The number of carbonyl (C=O) groups is 1. The molecule has 0 aromatic heterocycles. The first-order chi connectivity index (χ1) is 18.5. The number of halogens is 2. The third-order valence-corrected chi connectivity index (χ3v) is 7.40. The van der Waals surface area contributed by atoms with Crippen LogP contribution in [0.1, 0.15) is 29.8 Å².